The van der Waals surface area contributed by atoms with Crippen LogP contribution >= 0.6 is 0 Å². The Morgan fingerprint density at radius 3 is 1.15 bits per heavy atom. The highest BCUT2D eigenvalue weighted by atomic mass is 19.4. The first-order valence-electron chi connectivity index (χ1n) is 5.55. The highest BCUT2D eigenvalue weighted by Crippen LogP contribution is 2.65. The zero-order valence-electron chi connectivity index (χ0n) is 11.3. The molecular formula is C8F17NO. The molecule has 1 fully saturated rings. The molecule has 0 amide bonds. The maximum absolute atomic E-state index is 13.4. The minimum atomic E-state index is -7.97. The van der Waals surface area contributed by atoms with Crippen molar-refractivity contribution in [3.63, 3.8) is 0 Å². The third-order valence-corrected chi connectivity index (χ3v) is 2.96. The molecule has 0 aromatic carbocycles. The van der Waals surface area contributed by atoms with Crippen LogP contribution in [0.4, 0.5) is 74.6 Å². The van der Waals surface area contributed by atoms with Crippen molar-refractivity contribution in [3.05, 3.63) is 0 Å². The SMILES string of the molecule is FC(F)(F)C(F)(F)C(F)(F)N1O[C@@]1(F)C(F)(F)C(F)(F)C(F)(F)C(F)(F)F. The van der Waals surface area contributed by atoms with Crippen LogP contribution in [0, 0.1) is 0 Å². The van der Waals surface area contributed by atoms with Crippen LogP contribution in [0.15, 0.2) is 0 Å². The van der Waals surface area contributed by atoms with Crippen LogP contribution in [-0.2, 0) is 4.84 Å². The molecule has 27 heavy (non-hydrogen) atoms. The lowest BCUT2D eigenvalue weighted by Crippen LogP contribution is -2.67. The first kappa shape index (κ1) is 23.8. The summed E-state index contributed by atoms with van der Waals surface area (Å²) >= 11 is 0. The molecule has 0 radical (unpaired) electrons. The molecule has 1 saturated heterocycles. The van der Waals surface area contributed by atoms with Crippen molar-refractivity contribution in [2.45, 2.75) is 48.1 Å². The Morgan fingerprint density at radius 1 is 0.519 bits per heavy atom. The molecule has 0 saturated carbocycles. The van der Waals surface area contributed by atoms with E-state index in [0.29, 0.717) is 0 Å². The summed E-state index contributed by atoms with van der Waals surface area (Å²) in [5.74, 6) is -37.6. The summed E-state index contributed by atoms with van der Waals surface area (Å²) in [7, 11) is 0. The van der Waals surface area contributed by atoms with E-state index < -0.39 is 53.1 Å². The predicted molar refractivity (Wildman–Crippen MR) is 43.6 cm³/mol. The quantitative estimate of drug-likeness (QED) is 0.329. The Labute approximate surface area is 134 Å². The molecule has 19 heteroatoms. The van der Waals surface area contributed by atoms with Crippen LogP contribution in [0.3, 0.4) is 0 Å². The number of hydrogen-bond acceptors (Lipinski definition) is 2. The zero-order chi connectivity index (χ0) is 22.3. The van der Waals surface area contributed by atoms with E-state index in [-0.39, 0.29) is 0 Å². The fraction of sp³-hybridized carbons (Fsp3) is 1.00. The molecule has 1 heterocycles. The van der Waals surface area contributed by atoms with Gasteiger partial charge in [-0.25, -0.2) is 4.84 Å². The van der Waals surface area contributed by atoms with E-state index in [4.69, 9.17) is 0 Å². The van der Waals surface area contributed by atoms with Gasteiger partial charge in [0.05, 0.1) is 0 Å². The molecule has 0 aromatic rings. The van der Waals surface area contributed by atoms with Crippen LogP contribution in [0.5, 0.6) is 0 Å². The monoisotopic (exact) mass is 449 g/mol. The standard InChI is InChI=1S/C8F17NO/c9-1(10,2(11,12)5(17,18)19)3(13,14)8(25)26(27-8)7(23,24)4(15,16)6(20,21)22/t8-,26?/m1/s1. The first-order chi connectivity index (χ1) is 11.3. The van der Waals surface area contributed by atoms with Gasteiger partial charge in [0, 0.05) is 0 Å². The van der Waals surface area contributed by atoms with Crippen LogP contribution in [0.1, 0.15) is 0 Å². The molecule has 0 spiro atoms. The third kappa shape index (κ3) is 2.79. The maximum Gasteiger partial charge on any atom is 0.461 e. The average molecular weight is 449 g/mol. The van der Waals surface area contributed by atoms with Crippen LogP contribution < -0.4 is 0 Å². The molecule has 0 N–H and O–H groups in total. The number of rotatable bonds is 5. The number of nitrogens with zero attached hydrogens (tertiary/aromatic N) is 1. The fourth-order valence-corrected chi connectivity index (χ4v) is 1.39. The summed E-state index contributed by atoms with van der Waals surface area (Å²) in [4.78, 5) is 2.22. The maximum atomic E-state index is 13.4. The average Bonchev–Trinajstić information content (AvgIpc) is 3.10. The van der Waals surface area contributed by atoms with Gasteiger partial charge in [-0.15, -0.1) is 0 Å². The largest absolute Gasteiger partial charge is 0.461 e. The third-order valence-electron chi connectivity index (χ3n) is 2.96. The normalized spacial score (nSPS) is 26.3. The number of alkyl halides is 17. The van der Waals surface area contributed by atoms with E-state index in [1.807, 2.05) is 0 Å². The smallest absolute Gasteiger partial charge is 0.225 e. The molecule has 2 atom stereocenters. The van der Waals surface area contributed by atoms with Crippen LogP contribution in [0.2, 0.25) is 0 Å². The molecule has 0 bridgehead atoms. The van der Waals surface area contributed by atoms with Crippen molar-refractivity contribution in [3.8, 4) is 0 Å². The number of hydrogen-bond donors (Lipinski definition) is 0. The van der Waals surface area contributed by atoms with Crippen molar-refractivity contribution in [1.82, 2.24) is 5.06 Å². The van der Waals surface area contributed by atoms with Crippen molar-refractivity contribution >= 4 is 0 Å². The second-order valence-electron chi connectivity index (χ2n) is 4.78. The van der Waals surface area contributed by atoms with Gasteiger partial charge in [-0.1, -0.05) is 0 Å². The van der Waals surface area contributed by atoms with Gasteiger partial charge in [0.2, 0.25) is 0 Å². The highest BCUT2D eigenvalue weighted by Gasteiger charge is 2.97. The Balaban J connectivity index is 3.39. The first-order valence-corrected chi connectivity index (χ1v) is 5.55. The zero-order valence-corrected chi connectivity index (χ0v) is 11.3. The van der Waals surface area contributed by atoms with Gasteiger partial charge in [-0.3, -0.25) is 0 Å². The van der Waals surface area contributed by atoms with Crippen molar-refractivity contribution in [1.29, 1.82) is 0 Å². The molecule has 2 nitrogen and oxygen atoms in total. The van der Waals surface area contributed by atoms with E-state index in [0.717, 1.165) is 0 Å². The van der Waals surface area contributed by atoms with Crippen molar-refractivity contribution < 1.29 is 79.5 Å². The molecule has 0 aromatic heterocycles. The molecule has 1 unspecified atom stereocenters. The van der Waals surface area contributed by atoms with Crippen LogP contribution in [-0.4, -0.2) is 53.1 Å². The van der Waals surface area contributed by atoms with Crippen molar-refractivity contribution in [2.75, 3.05) is 0 Å². The van der Waals surface area contributed by atoms with Gasteiger partial charge in [0.25, 0.3) is 0 Å². The lowest BCUT2D eigenvalue weighted by molar-refractivity contribution is -0.417. The second-order valence-corrected chi connectivity index (χ2v) is 4.78. The molecule has 1 aliphatic rings. The molecule has 162 valence electrons. The molecule has 1 rings (SSSR count). The van der Waals surface area contributed by atoms with Gasteiger partial charge < -0.3 is 0 Å². The van der Waals surface area contributed by atoms with Gasteiger partial charge >= 0.3 is 48.1 Å². The summed E-state index contributed by atoms with van der Waals surface area (Å²) in [5.41, 5.74) is 0. The van der Waals surface area contributed by atoms with Gasteiger partial charge in [0.15, 0.2) is 0 Å². The lowest BCUT2D eigenvalue weighted by Gasteiger charge is -2.34. The summed E-state index contributed by atoms with van der Waals surface area (Å²) in [6.07, 6.45) is -14.9. The fourth-order valence-electron chi connectivity index (χ4n) is 1.39. The van der Waals surface area contributed by atoms with E-state index in [2.05, 4.69) is 4.84 Å². The predicted octanol–water partition coefficient (Wildman–Crippen LogP) is 5.12. The Hall–Kier alpha value is -1.27. The lowest BCUT2D eigenvalue weighted by atomic mass is 10.0. The highest BCUT2D eigenvalue weighted by molar-refractivity contribution is 5.10. The molecular weight excluding hydrogens is 449 g/mol. The minimum Gasteiger partial charge on any atom is -0.225 e. The number of hydroxylamine groups is 2. The van der Waals surface area contributed by atoms with Gasteiger partial charge in [-0.05, 0) is 5.06 Å². The van der Waals surface area contributed by atoms with E-state index in [1.165, 1.54) is 0 Å². The Kier molecular flexibility index (Phi) is 4.76. The number of halogens is 17. The second kappa shape index (κ2) is 5.41. The van der Waals surface area contributed by atoms with E-state index in [9.17, 15) is 74.6 Å². The van der Waals surface area contributed by atoms with Gasteiger partial charge in [-0.2, -0.15) is 74.6 Å². The van der Waals surface area contributed by atoms with Crippen molar-refractivity contribution in [2.24, 2.45) is 0 Å². The van der Waals surface area contributed by atoms with Crippen LogP contribution in [0.25, 0.3) is 0 Å². The van der Waals surface area contributed by atoms with Gasteiger partial charge in [0.1, 0.15) is 0 Å². The summed E-state index contributed by atoms with van der Waals surface area (Å²) < 4.78 is 212. The summed E-state index contributed by atoms with van der Waals surface area (Å²) in [6.45, 7) is 0. The van der Waals surface area contributed by atoms with E-state index in [1.54, 1.807) is 0 Å². The summed E-state index contributed by atoms with van der Waals surface area (Å²) in [5, 5.41) is -3.09. The Morgan fingerprint density at radius 2 is 0.852 bits per heavy atom. The molecule has 1 aliphatic heterocycles. The summed E-state index contributed by atoms with van der Waals surface area (Å²) in [6, 6.07) is -7.26. The Bertz CT molecular complexity index is 589. The molecule has 0 aliphatic carbocycles. The van der Waals surface area contributed by atoms with E-state index >= 15 is 0 Å². The topological polar surface area (TPSA) is 15.5 Å². The minimum absolute atomic E-state index is 2.22.